The molecule has 0 bridgehead atoms. The van der Waals surface area contributed by atoms with Crippen molar-refractivity contribution in [2.75, 3.05) is 26.0 Å². The second kappa shape index (κ2) is 10.2. The van der Waals surface area contributed by atoms with Gasteiger partial charge in [-0.3, -0.25) is 9.59 Å². The largest absolute Gasteiger partial charge is 0.469 e. The summed E-state index contributed by atoms with van der Waals surface area (Å²) in [7, 11) is 3.19. The topological polar surface area (TPSA) is 67.4 Å². The number of anilines is 1. The molecule has 0 aliphatic rings. The van der Waals surface area contributed by atoms with Gasteiger partial charge in [0.2, 0.25) is 5.91 Å². The predicted molar refractivity (Wildman–Crippen MR) is 81.2 cm³/mol. The lowest BCUT2D eigenvalue weighted by atomic mass is 10.1. The van der Waals surface area contributed by atoms with Crippen LogP contribution in [0.5, 0.6) is 0 Å². The van der Waals surface area contributed by atoms with Crippen molar-refractivity contribution in [3.05, 3.63) is 29.8 Å². The molecule has 0 atom stereocenters. The Balaban J connectivity index is 0.00000361. The maximum Gasteiger partial charge on any atom is 0.305 e. The molecule has 112 valence electrons. The number of esters is 1. The number of amides is 1. The summed E-state index contributed by atoms with van der Waals surface area (Å²) in [5.74, 6) is -0.235. The van der Waals surface area contributed by atoms with Crippen LogP contribution in [0.25, 0.3) is 0 Å². The van der Waals surface area contributed by atoms with Crippen LogP contribution in [0, 0.1) is 0 Å². The molecule has 0 unspecified atom stereocenters. The maximum absolute atomic E-state index is 11.5. The van der Waals surface area contributed by atoms with Crippen LogP contribution in [-0.2, 0) is 20.7 Å². The highest BCUT2D eigenvalue weighted by atomic mass is 35.5. The molecule has 20 heavy (non-hydrogen) atoms. The molecule has 0 spiro atoms. The van der Waals surface area contributed by atoms with E-state index >= 15 is 0 Å². The first-order valence-electron chi connectivity index (χ1n) is 6.26. The van der Waals surface area contributed by atoms with Gasteiger partial charge in [-0.2, -0.15) is 0 Å². The number of hydrogen-bond donors (Lipinski definition) is 2. The minimum atomic E-state index is -0.218. The Kier molecular flexibility index (Phi) is 9.41. The molecule has 1 rings (SSSR count). The molecule has 1 aromatic carbocycles. The van der Waals surface area contributed by atoms with Gasteiger partial charge in [0.15, 0.2) is 0 Å². The number of nitrogens with one attached hydrogen (secondary N) is 2. The standard InChI is InChI=1S/C14H20N2O3.ClH/c1-15-10-9-13(17)16-12-6-3-11(4-7-12)5-8-14(18)19-2;/h3-4,6-7,15H,5,8-10H2,1-2H3,(H,16,17);1H. The summed E-state index contributed by atoms with van der Waals surface area (Å²) >= 11 is 0. The molecular weight excluding hydrogens is 280 g/mol. The summed E-state index contributed by atoms with van der Waals surface area (Å²) in [5, 5.41) is 5.73. The average molecular weight is 301 g/mol. The number of benzene rings is 1. The Morgan fingerprint density at radius 3 is 2.35 bits per heavy atom. The van der Waals surface area contributed by atoms with E-state index in [4.69, 9.17) is 0 Å². The third-order valence-electron chi connectivity index (χ3n) is 2.69. The van der Waals surface area contributed by atoms with Crippen molar-refractivity contribution < 1.29 is 14.3 Å². The first-order valence-corrected chi connectivity index (χ1v) is 6.26. The van der Waals surface area contributed by atoms with E-state index in [1.54, 1.807) is 0 Å². The quantitative estimate of drug-likeness (QED) is 0.753. The zero-order chi connectivity index (χ0) is 14.1. The van der Waals surface area contributed by atoms with Gasteiger partial charge in [0.1, 0.15) is 0 Å². The number of halogens is 1. The molecular formula is C14H21ClN2O3. The van der Waals surface area contributed by atoms with E-state index in [-0.39, 0.29) is 24.3 Å². The summed E-state index contributed by atoms with van der Waals surface area (Å²) < 4.78 is 4.58. The number of hydrogen-bond acceptors (Lipinski definition) is 4. The van der Waals surface area contributed by atoms with Crippen molar-refractivity contribution in [3.63, 3.8) is 0 Å². The zero-order valence-corrected chi connectivity index (χ0v) is 12.6. The van der Waals surface area contributed by atoms with E-state index in [9.17, 15) is 9.59 Å². The minimum absolute atomic E-state index is 0. The van der Waals surface area contributed by atoms with Gasteiger partial charge in [-0.25, -0.2) is 0 Å². The van der Waals surface area contributed by atoms with Crippen LogP contribution < -0.4 is 10.6 Å². The Labute approximate surface area is 125 Å². The van der Waals surface area contributed by atoms with Gasteiger partial charge in [0.05, 0.1) is 7.11 Å². The molecule has 0 radical (unpaired) electrons. The molecule has 0 fully saturated rings. The molecule has 2 N–H and O–H groups in total. The molecule has 1 amide bonds. The molecule has 1 aromatic rings. The minimum Gasteiger partial charge on any atom is -0.469 e. The van der Waals surface area contributed by atoms with Gasteiger partial charge in [-0.05, 0) is 31.2 Å². The number of ether oxygens (including phenoxy) is 1. The molecule has 0 heterocycles. The highest BCUT2D eigenvalue weighted by Crippen LogP contribution is 2.11. The number of aryl methyl sites for hydroxylation is 1. The zero-order valence-electron chi connectivity index (χ0n) is 11.8. The van der Waals surface area contributed by atoms with E-state index in [0.717, 1.165) is 11.3 Å². The van der Waals surface area contributed by atoms with Crippen LogP contribution in [-0.4, -0.2) is 32.6 Å². The van der Waals surface area contributed by atoms with E-state index in [2.05, 4.69) is 15.4 Å². The summed E-state index contributed by atoms with van der Waals surface area (Å²) in [6.45, 7) is 0.656. The molecule has 0 saturated heterocycles. The van der Waals surface area contributed by atoms with Gasteiger partial charge in [-0.15, -0.1) is 12.4 Å². The Hall–Kier alpha value is -1.59. The van der Waals surface area contributed by atoms with Gasteiger partial charge in [-0.1, -0.05) is 12.1 Å². The molecule has 0 aromatic heterocycles. The van der Waals surface area contributed by atoms with Gasteiger partial charge < -0.3 is 15.4 Å². The number of carbonyl (C=O) groups excluding carboxylic acids is 2. The molecule has 5 nitrogen and oxygen atoms in total. The van der Waals surface area contributed by atoms with E-state index in [0.29, 0.717) is 25.8 Å². The lowest BCUT2D eigenvalue weighted by Gasteiger charge is -2.06. The van der Waals surface area contributed by atoms with Crippen molar-refractivity contribution in [3.8, 4) is 0 Å². The van der Waals surface area contributed by atoms with Crippen LogP contribution in [0.15, 0.2) is 24.3 Å². The van der Waals surface area contributed by atoms with Crippen LogP contribution in [0.3, 0.4) is 0 Å². The first-order chi connectivity index (χ1) is 9.15. The van der Waals surface area contributed by atoms with Gasteiger partial charge in [0.25, 0.3) is 0 Å². The van der Waals surface area contributed by atoms with E-state index < -0.39 is 0 Å². The molecule has 6 heteroatoms. The molecule has 0 aliphatic carbocycles. The third-order valence-corrected chi connectivity index (χ3v) is 2.69. The summed E-state index contributed by atoms with van der Waals surface area (Å²) in [5.41, 5.74) is 1.81. The van der Waals surface area contributed by atoms with Crippen molar-refractivity contribution in [1.29, 1.82) is 0 Å². The van der Waals surface area contributed by atoms with Gasteiger partial charge in [0, 0.05) is 25.1 Å². The second-order valence-corrected chi connectivity index (χ2v) is 4.17. The average Bonchev–Trinajstić information content (AvgIpc) is 2.44. The highest BCUT2D eigenvalue weighted by Gasteiger charge is 2.03. The molecule has 0 aliphatic heterocycles. The second-order valence-electron chi connectivity index (χ2n) is 4.17. The normalized spacial score (nSPS) is 9.50. The van der Waals surface area contributed by atoms with Crippen LogP contribution in [0.2, 0.25) is 0 Å². The first kappa shape index (κ1) is 18.4. The smallest absolute Gasteiger partial charge is 0.305 e. The van der Waals surface area contributed by atoms with Crippen LogP contribution in [0.1, 0.15) is 18.4 Å². The van der Waals surface area contributed by atoms with Crippen molar-refractivity contribution in [1.82, 2.24) is 5.32 Å². The number of methoxy groups -OCH3 is 1. The Bertz CT molecular complexity index is 421. The van der Waals surface area contributed by atoms with Crippen LogP contribution in [0.4, 0.5) is 5.69 Å². The monoisotopic (exact) mass is 300 g/mol. The predicted octanol–water partition coefficient (Wildman–Crippen LogP) is 1.76. The lowest BCUT2D eigenvalue weighted by molar-refractivity contribution is -0.140. The summed E-state index contributed by atoms with van der Waals surface area (Å²) in [6, 6.07) is 7.47. The SMILES string of the molecule is CNCCC(=O)Nc1ccc(CCC(=O)OC)cc1.Cl. The van der Waals surface area contributed by atoms with E-state index in [1.807, 2.05) is 31.3 Å². The fourth-order valence-electron chi connectivity index (χ4n) is 1.57. The number of rotatable bonds is 7. The fraction of sp³-hybridized carbons (Fsp3) is 0.429. The van der Waals surface area contributed by atoms with E-state index in [1.165, 1.54) is 7.11 Å². The third kappa shape index (κ3) is 7.11. The Morgan fingerprint density at radius 2 is 1.80 bits per heavy atom. The van der Waals surface area contributed by atoms with Crippen molar-refractivity contribution in [2.45, 2.75) is 19.3 Å². The summed E-state index contributed by atoms with van der Waals surface area (Å²) in [6.07, 6.45) is 1.45. The molecule has 0 saturated carbocycles. The van der Waals surface area contributed by atoms with Crippen molar-refractivity contribution >= 4 is 30.0 Å². The summed E-state index contributed by atoms with van der Waals surface area (Å²) in [4.78, 5) is 22.5. The fourth-order valence-corrected chi connectivity index (χ4v) is 1.57. The van der Waals surface area contributed by atoms with Gasteiger partial charge >= 0.3 is 5.97 Å². The highest BCUT2D eigenvalue weighted by molar-refractivity contribution is 5.90. The van der Waals surface area contributed by atoms with Crippen molar-refractivity contribution in [2.24, 2.45) is 0 Å². The Morgan fingerprint density at radius 1 is 1.15 bits per heavy atom. The van der Waals surface area contributed by atoms with Crippen LogP contribution >= 0.6 is 12.4 Å². The number of carbonyl (C=O) groups is 2. The lowest BCUT2D eigenvalue weighted by Crippen LogP contribution is -2.18. The maximum atomic E-state index is 11.5.